The number of ketones is 1. The molecule has 1 fully saturated rings. The van der Waals surface area contributed by atoms with E-state index in [2.05, 4.69) is 37.3 Å². The first-order chi connectivity index (χ1) is 13.6. The Morgan fingerprint density at radius 2 is 1.57 bits per heavy atom. The Morgan fingerprint density at radius 1 is 0.929 bits per heavy atom. The van der Waals surface area contributed by atoms with Crippen molar-refractivity contribution in [3.63, 3.8) is 0 Å². The first-order valence-electron chi connectivity index (χ1n) is 12.2. The lowest BCUT2D eigenvalue weighted by atomic mass is 9.93. The summed E-state index contributed by atoms with van der Waals surface area (Å²) < 4.78 is 0. The number of Topliss-reactive ketones (excluding diaryl/α,β-unsaturated/α-hetero) is 1. The highest BCUT2D eigenvalue weighted by Crippen LogP contribution is 2.26. The molecule has 0 amide bonds. The number of hydrogen-bond acceptors (Lipinski definition) is 1. The summed E-state index contributed by atoms with van der Waals surface area (Å²) in [5, 5.41) is 0. The van der Waals surface area contributed by atoms with Gasteiger partial charge in [0, 0.05) is 5.92 Å². The van der Waals surface area contributed by atoms with Crippen molar-refractivity contribution in [3.05, 3.63) is 35.9 Å². The molecule has 1 aromatic rings. The standard InChI is InChI=1S/C16H24.C11H22O/c1-2-5-10-15(9-4-1)13-8-14-16-11-6-3-7-12-16;1-4-5-6-7-8-9-10(2)11(3)12/h3,6-7,11-12,15H,1-2,4-5,8-10,13-14H2;10H,4-9H2,1-3H3/t;10-/m.0/s1. The monoisotopic (exact) mass is 386 g/mol. The van der Waals surface area contributed by atoms with Crippen molar-refractivity contribution in [2.75, 3.05) is 0 Å². The molecule has 160 valence electrons. The fraction of sp³-hybridized carbons (Fsp3) is 0.741. The van der Waals surface area contributed by atoms with Gasteiger partial charge in [-0.15, -0.1) is 0 Å². The minimum Gasteiger partial charge on any atom is -0.300 e. The highest BCUT2D eigenvalue weighted by atomic mass is 16.1. The molecule has 1 aromatic carbocycles. The van der Waals surface area contributed by atoms with Crippen LogP contribution in [-0.4, -0.2) is 5.78 Å². The SMILES string of the molecule is CCCCCCC[C@H](C)C(C)=O.c1ccc(CCCC2CCCCCC2)cc1. The molecule has 0 saturated heterocycles. The smallest absolute Gasteiger partial charge is 0.132 e. The fourth-order valence-electron chi connectivity index (χ4n) is 4.15. The van der Waals surface area contributed by atoms with Gasteiger partial charge in [-0.3, -0.25) is 4.79 Å². The van der Waals surface area contributed by atoms with E-state index in [1.54, 1.807) is 6.92 Å². The molecule has 0 aliphatic heterocycles. The van der Waals surface area contributed by atoms with Crippen LogP contribution in [0.5, 0.6) is 0 Å². The van der Waals surface area contributed by atoms with Crippen molar-refractivity contribution in [1.29, 1.82) is 0 Å². The number of unbranched alkanes of at least 4 members (excludes halogenated alkanes) is 4. The molecular formula is C27H46O. The highest BCUT2D eigenvalue weighted by molar-refractivity contribution is 5.77. The molecule has 1 saturated carbocycles. The zero-order chi connectivity index (χ0) is 20.5. The van der Waals surface area contributed by atoms with Crippen molar-refractivity contribution in [2.24, 2.45) is 11.8 Å². The van der Waals surface area contributed by atoms with Crippen LogP contribution in [0.15, 0.2) is 30.3 Å². The normalized spacial score (nSPS) is 16.0. The summed E-state index contributed by atoms with van der Waals surface area (Å²) in [7, 11) is 0. The number of rotatable bonds is 11. The van der Waals surface area contributed by atoms with E-state index in [4.69, 9.17) is 0 Å². The number of aryl methyl sites for hydroxylation is 1. The third kappa shape index (κ3) is 13.1. The molecule has 1 atom stereocenters. The topological polar surface area (TPSA) is 17.1 Å². The van der Waals surface area contributed by atoms with Gasteiger partial charge in [-0.1, -0.05) is 121 Å². The number of carbonyl (C=O) groups excluding carboxylic acids is 1. The van der Waals surface area contributed by atoms with Gasteiger partial charge in [-0.2, -0.15) is 0 Å². The van der Waals surface area contributed by atoms with Crippen LogP contribution in [-0.2, 0) is 11.2 Å². The summed E-state index contributed by atoms with van der Waals surface area (Å²) in [6.07, 6.45) is 20.6. The maximum Gasteiger partial charge on any atom is 0.132 e. The van der Waals surface area contributed by atoms with Crippen molar-refractivity contribution < 1.29 is 4.79 Å². The van der Waals surface area contributed by atoms with Gasteiger partial charge in [0.15, 0.2) is 0 Å². The second-order valence-electron chi connectivity index (χ2n) is 8.95. The van der Waals surface area contributed by atoms with Gasteiger partial charge in [-0.05, 0) is 37.7 Å². The summed E-state index contributed by atoms with van der Waals surface area (Å²) in [6.45, 7) is 5.94. The first-order valence-corrected chi connectivity index (χ1v) is 12.2. The third-order valence-corrected chi connectivity index (χ3v) is 6.33. The van der Waals surface area contributed by atoms with E-state index < -0.39 is 0 Å². The Morgan fingerprint density at radius 3 is 2.18 bits per heavy atom. The third-order valence-electron chi connectivity index (χ3n) is 6.33. The maximum absolute atomic E-state index is 10.9. The molecule has 0 aromatic heterocycles. The van der Waals surface area contributed by atoms with Crippen LogP contribution in [0.3, 0.4) is 0 Å². The van der Waals surface area contributed by atoms with Crippen molar-refractivity contribution in [2.45, 2.75) is 117 Å². The van der Waals surface area contributed by atoms with E-state index >= 15 is 0 Å². The average Bonchev–Trinajstić information content (AvgIpc) is 2.98. The Balaban J connectivity index is 0.000000295. The Labute approximate surface area is 175 Å². The first kappa shape index (κ1) is 24.9. The Bertz CT molecular complexity index is 470. The van der Waals surface area contributed by atoms with E-state index in [0.717, 1.165) is 12.3 Å². The van der Waals surface area contributed by atoms with Gasteiger partial charge < -0.3 is 0 Å². The van der Waals surface area contributed by atoms with Crippen LogP contribution in [0.4, 0.5) is 0 Å². The maximum atomic E-state index is 10.9. The molecule has 0 radical (unpaired) electrons. The van der Waals surface area contributed by atoms with Crippen molar-refractivity contribution in [3.8, 4) is 0 Å². The Hall–Kier alpha value is -1.11. The van der Waals surface area contributed by atoms with Crippen LogP contribution in [0.2, 0.25) is 0 Å². The van der Waals surface area contributed by atoms with E-state index in [1.807, 2.05) is 6.92 Å². The summed E-state index contributed by atoms with van der Waals surface area (Å²) in [4.78, 5) is 10.9. The van der Waals surface area contributed by atoms with Gasteiger partial charge in [0.25, 0.3) is 0 Å². The van der Waals surface area contributed by atoms with Crippen LogP contribution in [0.25, 0.3) is 0 Å². The van der Waals surface area contributed by atoms with E-state index in [0.29, 0.717) is 5.78 Å². The number of benzene rings is 1. The predicted octanol–water partition coefficient (Wildman–Crippen LogP) is 8.55. The van der Waals surface area contributed by atoms with Crippen LogP contribution in [0, 0.1) is 11.8 Å². The lowest BCUT2D eigenvalue weighted by Gasteiger charge is -2.13. The lowest BCUT2D eigenvalue weighted by molar-refractivity contribution is -0.120. The molecule has 1 nitrogen and oxygen atoms in total. The van der Waals surface area contributed by atoms with Crippen molar-refractivity contribution >= 4 is 5.78 Å². The molecule has 1 aliphatic carbocycles. The zero-order valence-corrected chi connectivity index (χ0v) is 19.1. The van der Waals surface area contributed by atoms with Crippen LogP contribution < -0.4 is 0 Å². The van der Waals surface area contributed by atoms with Gasteiger partial charge in [0.1, 0.15) is 5.78 Å². The summed E-state index contributed by atoms with van der Waals surface area (Å²) >= 11 is 0. The summed E-state index contributed by atoms with van der Waals surface area (Å²) in [5.41, 5.74) is 1.51. The largest absolute Gasteiger partial charge is 0.300 e. The molecular weight excluding hydrogens is 340 g/mol. The molecule has 0 bridgehead atoms. The van der Waals surface area contributed by atoms with Crippen molar-refractivity contribution in [1.82, 2.24) is 0 Å². The zero-order valence-electron chi connectivity index (χ0n) is 19.1. The van der Waals surface area contributed by atoms with Gasteiger partial charge in [0.05, 0.1) is 0 Å². The van der Waals surface area contributed by atoms with E-state index in [1.165, 1.54) is 95.5 Å². The molecule has 0 spiro atoms. The van der Waals surface area contributed by atoms with Crippen LogP contribution >= 0.6 is 0 Å². The second-order valence-corrected chi connectivity index (χ2v) is 8.95. The summed E-state index contributed by atoms with van der Waals surface area (Å²) in [5.74, 6) is 1.66. The number of carbonyl (C=O) groups is 1. The molecule has 1 aliphatic rings. The van der Waals surface area contributed by atoms with Gasteiger partial charge in [0.2, 0.25) is 0 Å². The molecule has 0 N–H and O–H groups in total. The second kappa shape index (κ2) is 16.8. The Kier molecular flexibility index (Phi) is 15.0. The van der Waals surface area contributed by atoms with Crippen LogP contribution in [0.1, 0.15) is 116 Å². The molecule has 28 heavy (non-hydrogen) atoms. The van der Waals surface area contributed by atoms with E-state index in [9.17, 15) is 4.79 Å². The highest BCUT2D eigenvalue weighted by Gasteiger charge is 2.11. The fourth-order valence-corrected chi connectivity index (χ4v) is 4.15. The number of hydrogen-bond donors (Lipinski definition) is 0. The van der Waals surface area contributed by atoms with Gasteiger partial charge >= 0.3 is 0 Å². The lowest BCUT2D eigenvalue weighted by Crippen LogP contribution is -2.05. The molecule has 2 rings (SSSR count). The molecule has 0 heterocycles. The predicted molar refractivity (Wildman–Crippen MR) is 124 cm³/mol. The molecule has 1 heteroatoms. The molecule has 0 unspecified atom stereocenters. The quantitative estimate of drug-likeness (QED) is 0.275. The minimum atomic E-state index is 0.284. The minimum absolute atomic E-state index is 0.284. The van der Waals surface area contributed by atoms with Gasteiger partial charge in [-0.25, -0.2) is 0 Å². The average molecular weight is 387 g/mol. The van der Waals surface area contributed by atoms with E-state index in [-0.39, 0.29) is 5.92 Å². The summed E-state index contributed by atoms with van der Waals surface area (Å²) in [6, 6.07) is 10.9.